The van der Waals surface area contributed by atoms with E-state index in [9.17, 15) is 0 Å². The molecule has 0 N–H and O–H groups in total. The van der Waals surface area contributed by atoms with Crippen LogP contribution in [0.4, 0.5) is 0 Å². The van der Waals surface area contributed by atoms with E-state index in [1.54, 1.807) is 22.3 Å². The van der Waals surface area contributed by atoms with Gasteiger partial charge in [0.2, 0.25) is 0 Å². The zero-order valence-electron chi connectivity index (χ0n) is 60.7. The fraction of sp³-hybridized carbons (Fsp3) is 0.860. The summed E-state index contributed by atoms with van der Waals surface area (Å²) in [6.07, 6.45) is 90.5. The summed E-state index contributed by atoms with van der Waals surface area (Å²) in [5, 5.41) is 0. The summed E-state index contributed by atoms with van der Waals surface area (Å²) in [5.74, 6) is 0. The zero-order valence-corrected chi connectivity index (χ0v) is 60.7. The van der Waals surface area contributed by atoms with Crippen molar-refractivity contribution in [3.05, 3.63) is 70.8 Å². The molecular formula is C86H158O. The largest absolute Gasteiger partial charge is 0.359 e. The molecule has 0 heterocycles. The molecule has 0 bridgehead atoms. The lowest BCUT2D eigenvalue weighted by molar-refractivity contribution is -0.188. The van der Waals surface area contributed by atoms with E-state index in [0.717, 1.165) is 0 Å². The molecule has 0 aliphatic carbocycles. The Kier molecular flexibility index (Phi) is 58.0. The van der Waals surface area contributed by atoms with E-state index in [2.05, 4.69) is 90.1 Å². The van der Waals surface area contributed by atoms with Crippen LogP contribution in [0.2, 0.25) is 0 Å². The zero-order chi connectivity index (χ0) is 62.3. The first-order chi connectivity index (χ1) is 43.1. The molecule has 1 heteroatoms. The number of hydrogen-bond donors (Lipinski definition) is 0. The Morgan fingerprint density at radius 1 is 0.195 bits per heavy atom. The highest BCUT2D eigenvalue weighted by Gasteiger charge is 2.45. The third-order valence-corrected chi connectivity index (χ3v) is 20.7. The second-order valence-electron chi connectivity index (χ2n) is 29.0. The summed E-state index contributed by atoms with van der Waals surface area (Å²) < 4.78 is 9.01. The summed E-state index contributed by atoms with van der Waals surface area (Å²) in [6, 6.07) is 20.1. The van der Waals surface area contributed by atoms with Crippen LogP contribution in [-0.2, 0) is 28.8 Å². The molecule has 0 radical (unpaired) electrons. The van der Waals surface area contributed by atoms with Crippen molar-refractivity contribution in [2.75, 3.05) is 0 Å². The molecule has 0 atom stereocenters. The Labute approximate surface area is 549 Å². The Hall–Kier alpha value is -1.60. The Morgan fingerprint density at radius 3 is 0.552 bits per heavy atom. The van der Waals surface area contributed by atoms with Crippen LogP contribution in [0.15, 0.2) is 48.5 Å². The molecule has 0 unspecified atom stereocenters. The van der Waals surface area contributed by atoms with Crippen molar-refractivity contribution in [2.24, 2.45) is 0 Å². The molecule has 0 fully saturated rings. The van der Waals surface area contributed by atoms with Crippen molar-refractivity contribution in [2.45, 2.75) is 477 Å². The van der Waals surface area contributed by atoms with E-state index in [1.807, 2.05) is 0 Å². The quantitative estimate of drug-likeness (QED) is 0.0600. The van der Waals surface area contributed by atoms with Gasteiger partial charge in [-0.3, -0.25) is 0 Å². The number of rotatable bonds is 70. The SMILES string of the molecule is CCCCCCCCCCCCc1ccccc1C(CCCCCCCCCCCC)(CCCCCCCCCCCC)OC(CCCCCCCCCCCC)(CCCCCCCCCCCC)c1ccccc1CCCCCCCCCCCC. The molecule has 2 rings (SSSR count). The van der Waals surface area contributed by atoms with Crippen LogP contribution in [0.3, 0.4) is 0 Å². The molecule has 0 aliphatic rings. The second-order valence-corrected chi connectivity index (χ2v) is 29.0. The fourth-order valence-electron chi connectivity index (χ4n) is 15.0. The van der Waals surface area contributed by atoms with Gasteiger partial charge >= 0.3 is 0 Å². The van der Waals surface area contributed by atoms with Gasteiger partial charge in [0, 0.05) is 0 Å². The predicted octanol–water partition coefficient (Wildman–Crippen LogP) is 31.0. The second kappa shape index (κ2) is 61.9. The third kappa shape index (κ3) is 43.8. The molecule has 2 aromatic carbocycles. The van der Waals surface area contributed by atoms with E-state index in [4.69, 9.17) is 4.74 Å². The minimum atomic E-state index is -0.295. The van der Waals surface area contributed by atoms with Crippen LogP contribution in [0.25, 0.3) is 0 Å². The lowest BCUT2D eigenvalue weighted by Crippen LogP contribution is -2.43. The molecule has 508 valence electrons. The normalized spacial score (nSPS) is 12.1. The van der Waals surface area contributed by atoms with Gasteiger partial charge in [0.1, 0.15) is 0 Å². The molecule has 0 saturated heterocycles. The minimum absolute atomic E-state index is 0.295. The highest BCUT2D eigenvalue weighted by Crippen LogP contribution is 2.50. The summed E-state index contributed by atoms with van der Waals surface area (Å²) in [4.78, 5) is 0. The van der Waals surface area contributed by atoms with Crippen molar-refractivity contribution < 1.29 is 4.74 Å². The van der Waals surface area contributed by atoms with Crippen LogP contribution < -0.4 is 0 Å². The Balaban J connectivity index is 2.77. The van der Waals surface area contributed by atoms with Crippen LogP contribution in [-0.4, -0.2) is 0 Å². The molecule has 0 aromatic heterocycles. The van der Waals surface area contributed by atoms with Crippen LogP contribution >= 0.6 is 0 Å². The maximum Gasteiger partial charge on any atom is 0.0946 e. The average Bonchev–Trinajstić information content (AvgIpc) is 1.11. The fourth-order valence-corrected chi connectivity index (χ4v) is 15.0. The first kappa shape index (κ1) is 81.5. The van der Waals surface area contributed by atoms with Crippen LogP contribution in [0.5, 0.6) is 0 Å². The van der Waals surface area contributed by atoms with E-state index >= 15 is 0 Å². The van der Waals surface area contributed by atoms with Crippen molar-refractivity contribution in [3.8, 4) is 0 Å². The van der Waals surface area contributed by atoms with E-state index in [0.29, 0.717) is 0 Å². The number of unbranched alkanes of at least 4 members (excludes halogenated alkanes) is 54. The molecule has 0 saturated carbocycles. The lowest BCUT2D eigenvalue weighted by Gasteiger charge is -2.47. The van der Waals surface area contributed by atoms with Gasteiger partial charge in [0.25, 0.3) is 0 Å². The Morgan fingerprint density at radius 2 is 0.356 bits per heavy atom. The van der Waals surface area contributed by atoms with Gasteiger partial charge in [0.15, 0.2) is 0 Å². The molecule has 0 aliphatic heterocycles. The van der Waals surface area contributed by atoms with Crippen molar-refractivity contribution in [1.82, 2.24) is 0 Å². The first-order valence-corrected chi connectivity index (χ1v) is 40.9. The third-order valence-electron chi connectivity index (χ3n) is 20.7. The average molecular weight is 1210 g/mol. The van der Waals surface area contributed by atoms with Gasteiger partial charge in [-0.2, -0.15) is 0 Å². The smallest absolute Gasteiger partial charge is 0.0946 e. The van der Waals surface area contributed by atoms with Gasteiger partial charge in [-0.05, 0) is 73.6 Å². The number of hydrogen-bond acceptors (Lipinski definition) is 1. The van der Waals surface area contributed by atoms with Crippen molar-refractivity contribution in [1.29, 1.82) is 0 Å². The summed E-state index contributed by atoms with van der Waals surface area (Å²) in [7, 11) is 0. The highest BCUT2D eigenvalue weighted by molar-refractivity contribution is 5.36. The molecule has 1 nitrogen and oxygen atoms in total. The van der Waals surface area contributed by atoms with Crippen LogP contribution in [0.1, 0.15) is 475 Å². The molecule has 0 spiro atoms. The van der Waals surface area contributed by atoms with E-state index in [-0.39, 0.29) is 11.2 Å². The molecule has 0 amide bonds. The van der Waals surface area contributed by atoms with Gasteiger partial charge in [-0.25, -0.2) is 0 Å². The number of benzene rings is 2. The summed E-state index contributed by atoms with van der Waals surface area (Å²) in [5.41, 5.74) is 5.88. The lowest BCUT2D eigenvalue weighted by atomic mass is 9.75. The maximum absolute atomic E-state index is 9.01. The Bertz CT molecular complexity index is 1500. The van der Waals surface area contributed by atoms with Gasteiger partial charge in [-0.15, -0.1) is 0 Å². The van der Waals surface area contributed by atoms with Gasteiger partial charge in [0.05, 0.1) is 11.2 Å². The number of aryl methyl sites for hydroxylation is 2. The first-order valence-electron chi connectivity index (χ1n) is 40.9. The molecule has 87 heavy (non-hydrogen) atoms. The summed E-state index contributed by atoms with van der Waals surface area (Å²) >= 11 is 0. The maximum atomic E-state index is 9.01. The van der Waals surface area contributed by atoms with Gasteiger partial charge in [-0.1, -0.05) is 462 Å². The minimum Gasteiger partial charge on any atom is -0.359 e. The number of ether oxygens (including phenoxy) is 1. The van der Waals surface area contributed by atoms with E-state index in [1.165, 1.54) is 424 Å². The molecule has 2 aromatic rings. The van der Waals surface area contributed by atoms with E-state index < -0.39 is 0 Å². The standard InChI is InChI=1S/C86H158O/c1-7-13-19-25-31-37-43-49-55-61-71-81-73-63-65-75-83(81)85(77-67-57-51-45-39-33-27-21-15-9-3,78-68-58-52-46-40-34-28-22-16-10-4)87-86(79-69-59-53-47-41-35-29-23-17-11-5,80-70-60-54-48-42-36-30-24-18-12-6)84-76-66-64-74-82(84)72-62-56-50-44-38-32-26-20-14-8-2/h63-66,73-76H,7-62,67-72,77-80H2,1-6H3. The summed E-state index contributed by atoms with van der Waals surface area (Å²) in [6.45, 7) is 14.1. The predicted molar refractivity (Wildman–Crippen MR) is 394 cm³/mol. The highest BCUT2D eigenvalue weighted by atomic mass is 16.5. The monoisotopic (exact) mass is 1210 g/mol. The van der Waals surface area contributed by atoms with Crippen LogP contribution in [0, 0.1) is 0 Å². The van der Waals surface area contributed by atoms with Gasteiger partial charge < -0.3 is 4.74 Å². The van der Waals surface area contributed by atoms with Crippen molar-refractivity contribution >= 4 is 0 Å². The topological polar surface area (TPSA) is 9.23 Å². The van der Waals surface area contributed by atoms with Crippen molar-refractivity contribution in [3.63, 3.8) is 0 Å². The molecular weight excluding hydrogens is 1050 g/mol.